The molecule has 1 aromatic rings. The van der Waals surface area contributed by atoms with Gasteiger partial charge in [-0.2, -0.15) is 0 Å². The van der Waals surface area contributed by atoms with Gasteiger partial charge in [-0.15, -0.1) is 11.8 Å². The van der Waals surface area contributed by atoms with E-state index >= 15 is 0 Å². The molecule has 1 unspecified atom stereocenters. The predicted molar refractivity (Wildman–Crippen MR) is 53.6 cm³/mol. The van der Waals surface area contributed by atoms with Crippen molar-refractivity contribution in [3.63, 3.8) is 0 Å². The number of rotatable bonds is 2. The fraction of sp³-hybridized carbons (Fsp3) is 0.400. The van der Waals surface area contributed by atoms with Crippen molar-refractivity contribution >= 4 is 11.8 Å². The zero-order valence-corrected chi connectivity index (χ0v) is 8.78. The molecule has 3 heteroatoms. The molecule has 0 saturated carbocycles. The Morgan fingerprint density at radius 3 is 2.54 bits per heavy atom. The van der Waals surface area contributed by atoms with Gasteiger partial charge in [-0.25, -0.2) is 4.39 Å². The molecule has 0 aliphatic rings. The van der Waals surface area contributed by atoms with Crippen LogP contribution in [0.15, 0.2) is 17.0 Å². The third-order valence-corrected chi connectivity index (χ3v) is 2.65. The molecule has 0 bridgehead atoms. The lowest BCUT2D eigenvalue weighted by molar-refractivity contribution is 0.193. The van der Waals surface area contributed by atoms with Crippen LogP contribution >= 0.6 is 11.8 Å². The van der Waals surface area contributed by atoms with E-state index in [0.717, 1.165) is 4.90 Å². The van der Waals surface area contributed by atoms with E-state index in [0.29, 0.717) is 11.1 Å². The molecular formula is C10H13FOS. The van der Waals surface area contributed by atoms with Crippen LogP contribution in [0.4, 0.5) is 4.39 Å². The molecule has 1 N–H and O–H groups in total. The first-order valence-corrected chi connectivity index (χ1v) is 5.31. The van der Waals surface area contributed by atoms with Crippen molar-refractivity contribution in [2.75, 3.05) is 6.26 Å². The first-order valence-electron chi connectivity index (χ1n) is 4.08. The van der Waals surface area contributed by atoms with Gasteiger partial charge in [0.05, 0.1) is 6.10 Å². The number of benzene rings is 1. The van der Waals surface area contributed by atoms with Gasteiger partial charge in [0.1, 0.15) is 5.82 Å². The summed E-state index contributed by atoms with van der Waals surface area (Å²) in [4.78, 5) is 0.981. The number of thioether (sulfide) groups is 1. The summed E-state index contributed by atoms with van der Waals surface area (Å²) in [5, 5.41) is 9.30. The molecule has 1 rings (SSSR count). The van der Waals surface area contributed by atoms with Gasteiger partial charge in [0.25, 0.3) is 0 Å². The highest BCUT2D eigenvalue weighted by molar-refractivity contribution is 7.98. The summed E-state index contributed by atoms with van der Waals surface area (Å²) in [5.41, 5.74) is 0.965. The zero-order chi connectivity index (χ0) is 10.0. The molecule has 13 heavy (non-hydrogen) atoms. The van der Waals surface area contributed by atoms with Gasteiger partial charge >= 0.3 is 0 Å². The van der Waals surface area contributed by atoms with Crippen LogP contribution in [-0.2, 0) is 0 Å². The summed E-state index contributed by atoms with van der Waals surface area (Å²) in [6.45, 7) is 3.28. The van der Waals surface area contributed by atoms with Gasteiger partial charge in [-0.1, -0.05) is 0 Å². The molecule has 0 aliphatic carbocycles. The molecule has 1 nitrogen and oxygen atoms in total. The highest BCUT2D eigenvalue weighted by Gasteiger charge is 2.11. The third-order valence-electron chi connectivity index (χ3n) is 1.94. The molecule has 72 valence electrons. The van der Waals surface area contributed by atoms with Crippen LogP contribution in [0, 0.1) is 12.7 Å². The van der Waals surface area contributed by atoms with E-state index < -0.39 is 6.10 Å². The van der Waals surface area contributed by atoms with Crippen LogP contribution in [-0.4, -0.2) is 11.4 Å². The second-order valence-electron chi connectivity index (χ2n) is 3.02. The topological polar surface area (TPSA) is 20.2 Å². The Morgan fingerprint density at radius 1 is 1.46 bits per heavy atom. The fourth-order valence-electron chi connectivity index (χ4n) is 1.18. The lowest BCUT2D eigenvalue weighted by Crippen LogP contribution is -1.98. The Morgan fingerprint density at radius 2 is 2.08 bits per heavy atom. The molecule has 0 amide bonds. The maximum atomic E-state index is 13.4. The van der Waals surface area contributed by atoms with Crippen molar-refractivity contribution in [3.05, 3.63) is 29.1 Å². The average Bonchev–Trinajstić information content (AvgIpc) is 2.09. The normalized spacial score (nSPS) is 13.0. The summed E-state index contributed by atoms with van der Waals surface area (Å²) in [6.07, 6.45) is 1.18. The van der Waals surface area contributed by atoms with Crippen LogP contribution in [0.3, 0.4) is 0 Å². The molecule has 1 aromatic carbocycles. The van der Waals surface area contributed by atoms with E-state index in [1.54, 1.807) is 37.7 Å². The summed E-state index contributed by atoms with van der Waals surface area (Å²) < 4.78 is 13.4. The number of halogens is 1. The van der Waals surface area contributed by atoms with E-state index in [4.69, 9.17) is 0 Å². The Kier molecular flexibility index (Phi) is 3.33. The molecule has 0 fully saturated rings. The number of aryl methyl sites for hydroxylation is 1. The van der Waals surface area contributed by atoms with Crippen molar-refractivity contribution in [2.24, 2.45) is 0 Å². The third kappa shape index (κ3) is 2.23. The zero-order valence-electron chi connectivity index (χ0n) is 7.97. The van der Waals surface area contributed by atoms with Gasteiger partial charge in [-0.05, 0) is 37.8 Å². The van der Waals surface area contributed by atoms with Gasteiger partial charge in [-0.3, -0.25) is 0 Å². The minimum atomic E-state index is -0.745. The maximum absolute atomic E-state index is 13.4. The van der Waals surface area contributed by atoms with Crippen LogP contribution in [0.5, 0.6) is 0 Å². The summed E-state index contributed by atoms with van der Waals surface area (Å²) >= 11 is 1.55. The van der Waals surface area contributed by atoms with Gasteiger partial charge in [0.15, 0.2) is 0 Å². The molecule has 0 aliphatic heterocycles. The number of aliphatic hydroxyl groups is 1. The van der Waals surface area contributed by atoms with Crippen LogP contribution in [0.1, 0.15) is 24.2 Å². The molecule has 1 atom stereocenters. The monoisotopic (exact) mass is 200 g/mol. The lowest BCUT2D eigenvalue weighted by atomic mass is 10.1. The Labute approximate surface area is 82.0 Å². The van der Waals surface area contributed by atoms with Crippen molar-refractivity contribution in [1.29, 1.82) is 0 Å². The Bertz CT molecular complexity index is 310. The van der Waals surface area contributed by atoms with Crippen molar-refractivity contribution in [2.45, 2.75) is 24.8 Å². The molecule has 0 saturated heterocycles. The SMILES string of the molecule is CSc1cc(C)c(F)c(C(C)O)c1. The van der Waals surface area contributed by atoms with Crippen LogP contribution < -0.4 is 0 Å². The van der Waals surface area contributed by atoms with E-state index in [2.05, 4.69) is 0 Å². The summed E-state index contributed by atoms with van der Waals surface area (Å²) in [6, 6.07) is 3.48. The minimum Gasteiger partial charge on any atom is -0.389 e. The van der Waals surface area contributed by atoms with E-state index in [1.165, 1.54) is 0 Å². The van der Waals surface area contributed by atoms with E-state index in [-0.39, 0.29) is 5.82 Å². The lowest BCUT2D eigenvalue weighted by Gasteiger charge is -2.10. The quantitative estimate of drug-likeness (QED) is 0.741. The van der Waals surface area contributed by atoms with Crippen molar-refractivity contribution in [1.82, 2.24) is 0 Å². The highest BCUT2D eigenvalue weighted by Crippen LogP contribution is 2.25. The van der Waals surface area contributed by atoms with E-state index in [9.17, 15) is 9.50 Å². The van der Waals surface area contributed by atoms with Gasteiger partial charge in [0, 0.05) is 10.5 Å². The van der Waals surface area contributed by atoms with Crippen molar-refractivity contribution in [3.8, 4) is 0 Å². The molecule has 0 aromatic heterocycles. The molecular weight excluding hydrogens is 187 g/mol. The molecule has 0 spiro atoms. The molecule has 0 radical (unpaired) electrons. The van der Waals surface area contributed by atoms with Crippen LogP contribution in [0.25, 0.3) is 0 Å². The highest BCUT2D eigenvalue weighted by atomic mass is 32.2. The van der Waals surface area contributed by atoms with Gasteiger partial charge < -0.3 is 5.11 Å². The fourth-order valence-corrected chi connectivity index (χ4v) is 1.72. The summed E-state index contributed by atoms with van der Waals surface area (Å²) in [5.74, 6) is -0.298. The number of aliphatic hydroxyl groups excluding tert-OH is 1. The van der Waals surface area contributed by atoms with Gasteiger partial charge in [0.2, 0.25) is 0 Å². The Balaban J connectivity index is 3.25. The van der Waals surface area contributed by atoms with Crippen LogP contribution in [0.2, 0.25) is 0 Å². The van der Waals surface area contributed by atoms with Crippen molar-refractivity contribution < 1.29 is 9.50 Å². The molecule has 0 heterocycles. The first kappa shape index (κ1) is 10.5. The Hall–Kier alpha value is -0.540. The standard InChI is InChI=1S/C10H13FOS/c1-6-4-8(13-3)5-9(7(2)12)10(6)11/h4-5,7,12H,1-3H3. The second kappa shape index (κ2) is 4.11. The number of hydrogen-bond donors (Lipinski definition) is 1. The second-order valence-corrected chi connectivity index (χ2v) is 3.90. The summed E-state index contributed by atoms with van der Waals surface area (Å²) in [7, 11) is 0. The van der Waals surface area contributed by atoms with E-state index in [1.807, 2.05) is 6.26 Å². The smallest absolute Gasteiger partial charge is 0.131 e. The average molecular weight is 200 g/mol. The minimum absolute atomic E-state index is 0.298. The largest absolute Gasteiger partial charge is 0.389 e. The predicted octanol–water partition coefficient (Wildman–Crippen LogP) is 2.91. The number of hydrogen-bond acceptors (Lipinski definition) is 2. The maximum Gasteiger partial charge on any atom is 0.131 e. The first-order chi connectivity index (χ1) is 6.06.